The van der Waals surface area contributed by atoms with E-state index in [0.717, 1.165) is 29.6 Å². The zero-order valence-electron chi connectivity index (χ0n) is 14.9. The lowest BCUT2D eigenvalue weighted by molar-refractivity contribution is 0.160. The summed E-state index contributed by atoms with van der Waals surface area (Å²) in [6.07, 6.45) is 5.10. The molecule has 0 amide bonds. The number of fused-ring (bicyclic) bond motifs is 1. The Labute approximate surface area is 144 Å². The molecule has 132 valence electrons. The quantitative estimate of drug-likeness (QED) is 0.638. The Hall–Kier alpha value is -1.95. The Morgan fingerprint density at radius 2 is 1.92 bits per heavy atom. The van der Waals surface area contributed by atoms with E-state index in [1.54, 1.807) is 0 Å². The van der Waals surface area contributed by atoms with Crippen molar-refractivity contribution < 1.29 is 9.47 Å². The molecule has 0 atom stereocenters. The van der Waals surface area contributed by atoms with Gasteiger partial charge in [0.1, 0.15) is 0 Å². The van der Waals surface area contributed by atoms with Gasteiger partial charge in [-0.3, -0.25) is 4.99 Å². The number of guanidine groups is 1. The van der Waals surface area contributed by atoms with Gasteiger partial charge >= 0.3 is 0 Å². The monoisotopic (exact) mass is 332 g/mol. The number of nitrogens with one attached hydrogen (secondary N) is 2. The highest BCUT2D eigenvalue weighted by atomic mass is 16.7. The van der Waals surface area contributed by atoms with Gasteiger partial charge in [-0.1, -0.05) is 18.9 Å². The van der Waals surface area contributed by atoms with Crippen LogP contribution in [0.15, 0.2) is 23.2 Å². The van der Waals surface area contributed by atoms with Crippen LogP contribution >= 0.6 is 0 Å². The van der Waals surface area contributed by atoms with Gasteiger partial charge in [0, 0.05) is 25.7 Å². The average Bonchev–Trinajstić information content (AvgIpc) is 3.24. The molecular weight excluding hydrogens is 304 g/mol. The van der Waals surface area contributed by atoms with Crippen LogP contribution in [-0.2, 0) is 6.54 Å². The molecule has 1 aromatic carbocycles. The molecule has 1 aliphatic heterocycles. The Kier molecular flexibility index (Phi) is 5.14. The molecule has 3 rings (SSSR count). The first-order chi connectivity index (χ1) is 11.6. The lowest BCUT2D eigenvalue weighted by Gasteiger charge is -2.37. The van der Waals surface area contributed by atoms with Crippen LogP contribution in [0.2, 0.25) is 0 Å². The third-order valence-electron chi connectivity index (χ3n) is 5.19. The number of nitrogens with zero attached hydrogens (tertiary/aromatic N) is 2. The highest BCUT2D eigenvalue weighted by Crippen LogP contribution is 2.33. The zero-order chi connectivity index (χ0) is 17.0. The van der Waals surface area contributed by atoms with Crippen LogP contribution in [-0.4, -0.2) is 50.9 Å². The number of likely N-dealkylation sites (N-methyl/N-ethyl adjacent to an activating group) is 1. The van der Waals surface area contributed by atoms with Gasteiger partial charge in [0.25, 0.3) is 0 Å². The van der Waals surface area contributed by atoms with E-state index in [1.165, 1.54) is 25.7 Å². The third-order valence-corrected chi connectivity index (χ3v) is 5.19. The van der Waals surface area contributed by atoms with Crippen LogP contribution < -0.4 is 20.1 Å². The highest BCUT2D eigenvalue weighted by Gasteiger charge is 2.35. The zero-order valence-corrected chi connectivity index (χ0v) is 14.9. The van der Waals surface area contributed by atoms with Gasteiger partial charge in [-0.05, 0) is 44.6 Å². The molecule has 0 radical (unpaired) electrons. The standard InChI is InChI=1S/C18H28N4O2/c1-19-17(21-12-18(22(2)3)8-4-5-9-18)20-11-14-6-7-15-16(10-14)24-13-23-15/h6-7,10H,4-5,8-9,11-13H2,1-3H3,(H2,19,20,21). The topological polar surface area (TPSA) is 58.1 Å². The fourth-order valence-electron chi connectivity index (χ4n) is 3.52. The van der Waals surface area contributed by atoms with Gasteiger partial charge in [-0.25, -0.2) is 0 Å². The van der Waals surface area contributed by atoms with Gasteiger partial charge < -0.3 is 25.0 Å². The van der Waals surface area contributed by atoms with Gasteiger partial charge in [0.05, 0.1) is 0 Å². The molecule has 1 aromatic rings. The second-order valence-corrected chi connectivity index (χ2v) is 6.79. The van der Waals surface area contributed by atoms with Crippen molar-refractivity contribution >= 4 is 5.96 Å². The second-order valence-electron chi connectivity index (χ2n) is 6.79. The molecule has 2 N–H and O–H groups in total. The SMILES string of the molecule is CN=C(NCc1ccc2c(c1)OCO2)NCC1(N(C)C)CCCC1. The van der Waals surface area contributed by atoms with Crippen molar-refractivity contribution in [3.05, 3.63) is 23.8 Å². The maximum absolute atomic E-state index is 5.43. The van der Waals surface area contributed by atoms with E-state index in [1.807, 2.05) is 25.2 Å². The fourth-order valence-corrected chi connectivity index (χ4v) is 3.52. The lowest BCUT2D eigenvalue weighted by atomic mass is 9.96. The summed E-state index contributed by atoms with van der Waals surface area (Å²) in [4.78, 5) is 6.71. The lowest BCUT2D eigenvalue weighted by Crippen LogP contribution is -2.52. The maximum atomic E-state index is 5.43. The first-order valence-electron chi connectivity index (χ1n) is 8.63. The summed E-state index contributed by atoms with van der Waals surface area (Å²) in [6, 6.07) is 6.02. The molecule has 1 heterocycles. The minimum atomic E-state index is 0.246. The molecule has 0 saturated heterocycles. The summed E-state index contributed by atoms with van der Waals surface area (Å²) < 4.78 is 10.8. The molecule has 6 heteroatoms. The minimum absolute atomic E-state index is 0.246. The van der Waals surface area contributed by atoms with Crippen LogP contribution in [0.3, 0.4) is 0 Å². The first-order valence-corrected chi connectivity index (χ1v) is 8.63. The van der Waals surface area contributed by atoms with Crippen LogP contribution in [0.1, 0.15) is 31.2 Å². The Morgan fingerprint density at radius 3 is 2.62 bits per heavy atom. The van der Waals surface area contributed by atoms with Crippen molar-refractivity contribution in [1.29, 1.82) is 0 Å². The maximum Gasteiger partial charge on any atom is 0.231 e. The van der Waals surface area contributed by atoms with E-state index in [4.69, 9.17) is 9.47 Å². The number of ether oxygens (including phenoxy) is 2. The van der Waals surface area contributed by atoms with E-state index in [2.05, 4.69) is 34.6 Å². The Bertz CT molecular complexity index is 595. The molecule has 1 fully saturated rings. The van der Waals surface area contributed by atoms with Crippen molar-refractivity contribution in [2.45, 2.75) is 37.8 Å². The summed E-state index contributed by atoms with van der Waals surface area (Å²) in [7, 11) is 6.16. The van der Waals surface area contributed by atoms with E-state index in [-0.39, 0.29) is 5.54 Å². The number of aliphatic imine (C=N–C) groups is 1. The molecule has 1 saturated carbocycles. The van der Waals surface area contributed by atoms with Crippen LogP contribution in [0.25, 0.3) is 0 Å². The van der Waals surface area contributed by atoms with Crippen LogP contribution in [0, 0.1) is 0 Å². The van der Waals surface area contributed by atoms with Crippen molar-refractivity contribution in [3.63, 3.8) is 0 Å². The third kappa shape index (κ3) is 3.59. The molecule has 1 aliphatic carbocycles. The normalized spacial score (nSPS) is 18.9. The van der Waals surface area contributed by atoms with Crippen molar-refractivity contribution in [2.75, 3.05) is 34.5 Å². The summed E-state index contributed by atoms with van der Waals surface area (Å²) in [6.45, 7) is 1.92. The summed E-state index contributed by atoms with van der Waals surface area (Å²) in [5, 5.41) is 6.88. The predicted octanol–water partition coefficient (Wildman–Crippen LogP) is 1.95. The Balaban J connectivity index is 1.54. The smallest absolute Gasteiger partial charge is 0.231 e. The van der Waals surface area contributed by atoms with E-state index >= 15 is 0 Å². The van der Waals surface area contributed by atoms with E-state index in [0.29, 0.717) is 13.3 Å². The molecule has 0 spiro atoms. The number of benzene rings is 1. The van der Waals surface area contributed by atoms with Gasteiger partial charge in [0.2, 0.25) is 6.79 Å². The van der Waals surface area contributed by atoms with E-state index in [9.17, 15) is 0 Å². The highest BCUT2D eigenvalue weighted by molar-refractivity contribution is 5.79. The molecule has 0 unspecified atom stereocenters. The van der Waals surface area contributed by atoms with Gasteiger partial charge in [0.15, 0.2) is 17.5 Å². The predicted molar refractivity (Wildman–Crippen MR) is 95.7 cm³/mol. The molecule has 6 nitrogen and oxygen atoms in total. The van der Waals surface area contributed by atoms with Crippen LogP contribution in [0.5, 0.6) is 11.5 Å². The molecule has 24 heavy (non-hydrogen) atoms. The minimum Gasteiger partial charge on any atom is -0.454 e. The fraction of sp³-hybridized carbons (Fsp3) is 0.611. The van der Waals surface area contributed by atoms with Crippen molar-refractivity contribution in [3.8, 4) is 11.5 Å². The summed E-state index contributed by atoms with van der Waals surface area (Å²) in [5.74, 6) is 2.46. The number of rotatable bonds is 5. The second kappa shape index (κ2) is 7.30. The Morgan fingerprint density at radius 1 is 1.17 bits per heavy atom. The number of hydrogen-bond donors (Lipinski definition) is 2. The van der Waals surface area contributed by atoms with Crippen molar-refractivity contribution in [1.82, 2.24) is 15.5 Å². The molecular formula is C18H28N4O2. The molecule has 2 aliphatic rings. The molecule has 0 aromatic heterocycles. The summed E-state index contributed by atoms with van der Waals surface area (Å²) >= 11 is 0. The van der Waals surface area contributed by atoms with Crippen molar-refractivity contribution in [2.24, 2.45) is 4.99 Å². The van der Waals surface area contributed by atoms with Gasteiger partial charge in [-0.15, -0.1) is 0 Å². The summed E-state index contributed by atoms with van der Waals surface area (Å²) in [5.41, 5.74) is 1.39. The number of hydrogen-bond acceptors (Lipinski definition) is 4. The first kappa shape index (κ1) is 16.9. The largest absolute Gasteiger partial charge is 0.454 e. The molecule has 0 bridgehead atoms. The van der Waals surface area contributed by atoms with Gasteiger partial charge in [-0.2, -0.15) is 0 Å². The van der Waals surface area contributed by atoms with Crippen LogP contribution in [0.4, 0.5) is 0 Å². The van der Waals surface area contributed by atoms with E-state index < -0.39 is 0 Å². The average molecular weight is 332 g/mol.